The van der Waals surface area contributed by atoms with Crippen LogP contribution in [0, 0.1) is 5.41 Å². The first-order valence-corrected chi connectivity index (χ1v) is 9.36. The third-order valence-corrected chi connectivity index (χ3v) is 3.93. The smallest absolute Gasteiger partial charge is 0.225 e. The van der Waals surface area contributed by atoms with Crippen LogP contribution in [0.25, 0.3) is 0 Å². The molecule has 148 valence electrons. The van der Waals surface area contributed by atoms with Gasteiger partial charge in [0.05, 0.1) is 12.2 Å². The van der Waals surface area contributed by atoms with E-state index in [-0.39, 0.29) is 11.3 Å². The summed E-state index contributed by atoms with van der Waals surface area (Å²) in [7, 11) is 3.97. The maximum Gasteiger partial charge on any atom is 0.225 e. The number of aromatic nitrogens is 2. The molecule has 7 nitrogen and oxygen atoms in total. The van der Waals surface area contributed by atoms with Gasteiger partial charge in [-0.25, -0.2) is 0 Å². The molecule has 1 amide bonds. The Morgan fingerprint density at radius 2 is 2.00 bits per heavy atom. The molecular formula is C19H36N6O. The molecule has 0 aliphatic heterocycles. The van der Waals surface area contributed by atoms with Gasteiger partial charge in [0.1, 0.15) is 0 Å². The lowest BCUT2D eigenvalue weighted by Crippen LogP contribution is -2.40. The second-order valence-corrected chi connectivity index (χ2v) is 7.97. The lowest BCUT2D eigenvalue weighted by Gasteiger charge is -2.22. The van der Waals surface area contributed by atoms with Crippen LogP contribution in [0.3, 0.4) is 0 Å². The number of guanidine groups is 1. The molecule has 0 bridgehead atoms. The monoisotopic (exact) mass is 364 g/mol. The first kappa shape index (κ1) is 22.0. The highest BCUT2D eigenvalue weighted by Gasteiger charge is 2.20. The average molecular weight is 365 g/mol. The first-order chi connectivity index (χ1) is 12.1. The van der Waals surface area contributed by atoms with E-state index >= 15 is 0 Å². The molecule has 1 aromatic heterocycles. The summed E-state index contributed by atoms with van der Waals surface area (Å²) in [4.78, 5) is 18.6. The number of aliphatic imine (C=N–C) groups is 1. The highest BCUT2D eigenvalue weighted by atomic mass is 16.2. The predicted octanol–water partition coefficient (Wildman–Crippen LogP) is 2.10. The van der Waals surface area contributed by atoms with Gasteiger partial charge in [-0.05, 0) is 12.8 Å². The quantitative estimate of drug-likeness (QED) is 0.441. The summed E-state index contributed by atoms with van der Waals surface area (Å²) in [6.07, 6.45) is 2.07. The highest BCUT2D eigenvalue weighted by molar-refractivity contribution is 5.81. The number of rotatable bonds is 7. The van der Waals surface area contributed by atoms with Gasteiger partial charge in [0.15, 0.2) is 5.96 Å². The Hall–Kier alpha value is -2.05. The van der Waals surface area contributed by atoms with E-state index in [1.54, 1.807) is 0 Å². The third kappa shape index (κ3) is 6.69. The lowest BCUT2D eigenvalue weighted by molar-refractivity contribution is -0.128. The molecule has 0 unspecified atom stereocenters. The standard InChI is InChI=1S/C19H36N6O/c1-9-20-18(22-11-10-21-17(26)19(4,5)6)24(7)12-15-13-25(8)23-16(15)14(2)3/h13-14H,9-12H2,1-8H3,(H,20,22)(H,21,26). The second-order valence-electron chi connectivity index (χ2n) is 7.97. The van der Waals surface area contributed by atoms with Crippen LogP contribution in [0.2, 0.25) is 0 Å². The van der Waals surface area contributed by atoms with Crippen molar-refractivity contribution in [3.05, 3.63) is 17.5 Å². The number of carbonyl (C=O) groups excluding carboxylic acids is 1. The summed E-state index contributed by atoms with van der Waals surface area (Å²) in [5, 5.41) is 10.8. The minimum atomic E-state index is -0.376. The summed E-state index contributed by atoms with van der Waals surface area (Å²) in [5.74, 6) is 1.26. The van der Waals surface area contributed by atoms with E-state index in [0.717, 1.165) is 24.7 Å². The van der Waals surface area contributed by atoms with Gasteiger partial charge in [-0.15, -0.1) is 0 Å². The molecule has 2 N–H and O–H groups in total. The van der Waals surface area contributed by atoms with Gasteiger partial charge < -0.3 is 15.5 Å². The first-order valence-electron chi connectivity index (χ1n) is 9.36. The van der Waals surface area contributed by atoms with Crippen molar-refractivity contribution in [1.29, 1.82) is 0 Å². The van der Waals surface area contributed by atoms with Crippen molar-refractivity contribution < 1.29 is 4.79 Å². The fraction of sp³-hybridized carbons (Fsp3) is 0.737. The topological polar surface area (TPSA) is 74.6 Å². The van der Waals surface area contributed by atoms with Crippen molar-refractivity contribution in [1.82, 2.24) is 25.3 Å². The van der Waals surface area contributed by atoms with Crippen LogP contribution >= 0.6 is 0 Å². The van der Waals surface area contributed by atoms with E-state index in [4.69, 9.17) is 0 Å². The van der Waals surface area contributed by atoms with Crippen molar-refractivity contribution in [2.45, 2.75) is 54.0 Å². The zero-order valence-corrected chi connectivity index (χ0v) is 17.7. The molecule has 0 saturated carbocycles. The minimum Gasteiger partial charge on any atom is -0.357 e. The molecule has 0 aromatic carbocycles. The Morgan fingerprint density at radius 1 is 1.35 bits per heavy atom. The Labute approximate surface area is 158 Å². The van der Waals surface area contributed by atoms with Crippen molar-refractivity contribution in [3.8, 4) is 0 Å². The van der Waals surface area contributed by atoms with Gasteiger partial charge in [-0.3, -0.25) is 14.5 Å². The molecule has 0 spiro atoms. The van der Waals surface area contributed by atoms with Crippen LogP contribution in [0.4, 0.5) is 0 Å². The number of nitrogens with one attached hydrogen (secondary N) is 2. The molecule has 26 heavy (non-hydrogen) atoms. The Morgan fingerprint density at radius 3 is 2.54 bits per heavy atom. The summed E-state index contributed by atoms with van der Waals surface area (Å²) < 4.78 is 1.87. The van der Waals surface area contributed by atoms with Crippen molar-refractivity contribution >= 4 is 11.9 Å². The lowest BCUT2D eigenvalue weighted by atomic mass is 9.96. The van der Waals surface area contributed by atoms with Gasteiger partial charge >= 0.3 is 0 Å². The minimum absolute atomic E-state index is 0.0444. The largest absolute Gasteiger partial charge is 0.357 e. The van der Waals surface area contributed by atoms with Crippen LogP contribution in [0.1, 0.15) is 58.7 Å². The maximum absolute atomic E-state index is 11.9. The summed E-state index contributed by atoms with van der Waals surface area (Å²) in [6.45, 7) is 14.7. The van der Waals surface area contributed by atoms with Crippen LogP contribution in [-0.2, 0) is 18.4 Å². The summed E-state index contributed by atoms with van der Waals surface area (Å²) in [6, 6.07) is 0. The molecule has 1 rings (SSSR count). The number of nitrogens with zero attached hydrogens (tertiary/aromatic N) is 4. The van der Waals surface area contributed by atoms with Gasteiger partial charge in [0.2, 0.25) is 5.91 Å². The van der Waals surface area contributed by atoms with Crippen LogP contribution in [0.15, 0.2) is 11.2 Å². The summed E-state index contributed by atoms with van der Waals surface area (Å²) in [5.41, 5.74) is 1.95. The van der Waals surface area contributed by atoms with Gasteiger partial charge in [0, 0.05) is 50.9 Å². The molecular weight excluding hydrogens is 328 g/mol. The van der Waals surface area contributed by atoms with E-state index < -0.39 is 0 Å². The zero-order valence-electron chi connectivity index (χ0n) is 17.7. The molecule has 1 aromatic rings. The highest BCUT2D eigenvalue weighted by Crippen LogP contribution is 2.18. The van der Waals surface area contributed by atoms with E-state index in [0.29, 0.717) is 19.0 Å². The molecule has 1 heterocycles. The molecule has 0 radical (unpaired) electrons. The normalized spacial score (nSPS) is 12.4. The second kappa shape index (κ2) is 9.59. The third-order valence-electron chi connectivity index (χ3n) is 3.93. The van der Waals surface area contributed by atoms with Gasteiger partial charge in [-0.2, -0.15) is 5.10 Å². The number of amides is 1. The average Bonchev–Trinajstić information content (AvgIpc) is 2.89. The van der Waals surface area contributed by atoms with Crippen LogP contribution < -0.4 is 10.6 Å². The van der Waals surface area contributed by atoms with E-state index in [1.165, 1.54) is 5.56 Å². The van der Waals surface area contributed by atoms with Crippen molar-refractivity contribution in [2.24, 2.45) is 17.5 Å². The fourth-order valence-corrected chi connectivity index (χ4v) is 2.56. The number of aryl methyl sites for hydroxylation is 1. The molecule has 0 fully saturated rings. The molecule has 0 aliphatic rings. The van der Waals surface area contributed by atoms with Gasteiger partial charge in [0.25, 0.3) is 0 Å². The molecule has 0 atom stereocenters. The van der Waals surface area contributed by atoms with Gasteiger partial charge in [-0.1, -0.05) is 34.6 Å². The summed E-state index contributed by atoms with van der Waals surface area (Å²) >= 11 is 0. The van der Waals surface area contributed by atoms with Crippen LogP contribution in [0.5, 0.6) is 0 Å². The van der Waals surface area contributed by atoms with E-state index in [9.17, 15) is 4.79 Å². The Bertz CT molecular complexity index is 612. The predicted molar refractivity (Wildman–Crippen MR) is 107 cm³/mol. The number of hydrogen-bond acceptors (Lipinski definition) is 3. The Kier molecular flexibility index (Phi) is 8.11. The van der Waals surface area contributed by atoms with Crippen molar-refractivity contribution in [2.75, 3.05) is 26.7 Å². The molecule has 0 aliphatic carbocycles. The molecule has 0 saturated heterocycles. The van der Waals surface area contributed by atoms with Crippen molar-refractivity contribution in [3.63, 3.8) is 0 Å². The van der Waals surface area contributed by atoms with E-state index in [1.807, 2.05) is 46.5 Å². The van der Waals surface area contributed by atoms with E-state index in [2.05, 4.69) is 45.7 Å². The Balaban J connectivity index is 2.72. The fourth-order valence-electron chi connectivity index (χ4n) is 2.56. The van der Waals surface area contributed by atoms with Crippen LogP contribution in [-0.4, -0.2) is 53.2 Å². The number of carbonyl (C=O) groups is 1. The SMILES string of the molecule is CCNC(=NCCNC(=O)C(C)(C)C)N(C)Cc1cn(C)nc1C(C)C. The maximum atomic E-state index is 11.9. The number of hydrogen-bond donors (Lipinski definition) is 2. The molecule has 7 heteroatoms. The zero-order chi connectivity index (χ0) is 19.9.